The molecule has 0 aromatic carbocycles. The zero-order valence-corrected chi connectivity index (χ0v) is 13.9. The predicted octanol–water partition coefficient (Wildman–Crippen LogP) is 7.51. The van der Waals surface area contributed by atoms with Crippen molar-refractivity contribution in [2.75, 3.05) is 0 Å². The zero-order valence-electron chi connectivity index (χ0n) is 13.9. The first-order valence-corrected chi connectivity index (χ1v) is 8.91. The molecule has 0 atom stereocenters. The topological polar surface area (TPSA) is 0 Å². The fraction of sp³-hybridized carbons (Fsp3) is 1.00. The van der Waals surface area contributed by atoms with Crippen LogP contribution in [0.3, 0.4) is 0 Å². The molecular weight excluding hydrogens is 216 g/mol. The van der Waals surface area contributed by atoms with Crippen LogP contribution in [0.25, 0.3) is 0 Å². The van der Waals surface area contributed by atoms with Gasteiger partial charge in [0.05, 0.1) is 0 Å². The predicted molar refractivity (Wildman–Crippen MR) is 87.3 cm³/mol. The summed E-state index contributed by atoms with van der Waals surface area (Å²) in [6, 6.07) is 0. The van der Waals surface area contributed by atoms with Gasteiger partial charge in [-0.05, 0) is 0 Å². The van der Waals surface area contributed by atoms with E-state index in [1.165, 1.54) is 89.9 Å². The summed E-state index contributed by atoms with van der Waals surface area (Å²) >= 11 is 0. The third-order valence-corrected chi connectivity index (χ3v) is 3.46. The summed E-state index contributed by atoms with van der Waals surface area (Å²) in [6.07, 6.45) is 20.4. The molecule has 0 fully saturated rings. The standard InChI is InChI=1S/C16H34.C2H6/c1-3-5-7-9-11-13-15-16-14-12-10-8-6-4-2;1-2/h3-16H2,1-2H3;1-2H3. The van der Waals surface area contributed by atoms with Crippen molar-refractivity contribution in [1.82, 2.24) is 0 Å². The van der Waals surface area contributed by atoms with E-state index in [2.05, 4.69) is 13.8 Å². The van der Waals surface area contributed by atoms with Crippen molar-refractivity contribution in [3.05, 3.63) is 0 Å². The van der Waals surface area contributed by atoms with Gasteiger partial charge in [0.25, 0.3) is 0 Å². The molecule has 0 saturated heterocycles. The third-order valence-electron chi connectivity index (χ3n) is 3.46. The van der Waals surface area contributed by atoms with Crippen molar-refractivity contribution in [1.29, 1.82) is 0 Å². The Kier molecular flexibility index (Phi) is 25.1. The van der Waals surface area contributed by atoms with Gasteiger partial charge in [-0.1, -0.05) is 118 Å². The van der Waals surface area contributed by atoms with Gasteiger partial charge in [0.1, 0.15) is 0 Å². The maximum absolute atomic E-state index is 2.29. The van der Waals surface area contributed by atoms with Crippen molar-refractivity contribution in [3.8, 4) is 0 Å². The zero-order chi connectivity index (χ0) is 13.9. The Labute approximate surface area is 118 Å². The van der Waals surface area contributed by atoms with Crippen LogP contribution in [0.1, 0.15) is 118 Å². The van der Waals surface area contributed by atoms with E-state index in [-0.39, 0.29) is 0 Å². The Bertz CT molecular complexity index is 92.6. The molecule has 0 nitrogen and oxygen atoms in total. The SMILES string of the molecule is CC.CCCCCCCCCCCCCCCC. The van der Waals surface area contributed by atoms with Crippen molar-refractivity contribution >= 4 is 0 Å². The quantitative estimate of drug-likeness (QED) is 0.299. The first-order valence-electron chi connectivity index (χ1n) is 8.91. The second kappa shape index (κ2) is 22.2. The van der Waals surface area contributed by atoms with E-state index < -0.39 is 0 Å². The van der Waals surface area contributed by atoms with Gasteiger partial charge >= 0.3 is 0 Å². The van der Waals surface area contributed by atoms with E-state index in [0.29, 0.717) is 0 Å². The van der Waals surface area contributed by atoms with Crippen LogP contribution in [0.5, 0.6) is 0 Å². The van der Waals surface area contributed by atoms with Gasteiger partial charge in [0, 0.05) is 0 Å². The molecule has 0 bridgehead atoms. The molecule has 0 aromatic heterocycles. The molecule has 112 valence electrons. The second-order valence-corrected chi connectivity index (χ2v) is 5.24. The monoisotopic (exact) mass is 256 g/mol. The highest BCUT2D eigenvalue weighted by Gasteiger charge is 1.92. The summed E-state index contributed by atoms with van der Waals surface area (Å²) in [6.45, 7) is 8.58. The molecule has 0 saturated carbocycles. The molecule has 18 heavy (non-hydrogen) atoms. The largest absolute Gasteiger partial charge is 0.0683 e. The first kappa shape index (κ1) is 20.3. The molecule has 0 heterocycles. The van der Waals surface area contributed by atoms with Crippen LogP contribution in [-0.2, 0) is 0 Å². The molecular formula is C18H40. The van der Waals surface area contributed by atoms with Crippen LogP contribution >= 0.6 is 0 Å². The molecule has 0 spiro atoms. The van der Waals surface area contributed by atoms with Gasteiger partial charge in [-0.2, -0.15) is 0 Å². The average Bonchev–Trinajstić information content (AvgIpc) is 2.42. The smallest absolute Gasteiger partial charge is 0.0533 e. The van der Waals surface area contributed by atoms with Crippen molar-refractivity contribution in [2.24, 2.45) is 0 Å². The lowest BCUT2D eigenvalue weighted by atomic mass is 10.0. The summed E-state index contributed by atoms with van der Waals surface area (Å²) in [5.74, 6) is 0. The molecule has 0 heteroatoms. The van der Waals surface area contributed by atoms with Crippen molar-refractivity contribution < 1.29 is 0 Å². The number of hydrogen-bond acceptors (Lipinski definition) is 0. The van der Waals surface area contributed by atoms with Crippen LogP contribution in [0.2, 0.25) is 0 Å². The van der Waals surface area contributed by atoms with Gasteiger partial charge in [-0.3, -0.25) is 0 Å². The normalized spacial score (nSPS) is 10.0. The maximum Gasteiger partial charge on any atom is -0.0533 e. The molecule has 0 aliphatic rings. The molecule has 0 unspecified atom stereocenters. The fourth-order valence-electron chi connectivity index (χ4n) is 2.27. The minimum absolute atomic E-state index is 1.37. The highest BCUT2D eigenvalue weighted by atomic mass is 14.0. The van der Waals surface area contributed by atoms with E-state index >= 15 is 0 Å². The van der Waals surface area contributed by atoms with Crippen LogP contribution in [0.15, 0.2) is 0 Å². The summed E-state index contributed by atoms with van der Waals surface area (Å²) in [4.78, 5) is 0. The fourth-order valence-corrected chi connectivity index (χ4v) is 2.27. The van der Waals surface area contributed by atoms with Crippen LogP contribution < -0.4 is 0 Å². The van der Waals surface area contributed by atoms with Gasteiger partial charge in [0.2, 0.25) is 0 Å². The molecule has 0 aliphatic carbocycles. The molecule has 0 aromatic rings. The minimum atomic E-state index is 1.37. The molecule has 0 radical (unpaired) electrons. The van der Waals surface area contributed by atoms with Crippen LogP contribution in [0, 0.1) is 0 Å². The lowest BCUT2D eigenvalue weighted by Crippen LogP contribution is -1.82. The maximum atomic E-state index is 2.29. The highest BCUT2D eigenvalue weighted by Crippen LogP contribution is 2.12. The number of unbranched alkanes of at least 4 members (excludes halogenated alkanes) is 13. The first-order chi connectivity index (χ1) is 8.91. The van der Waals surface area contributed by atoms with E-state index in [4.69, 9.17) is 0 Å². The van der Waals surface area contributed by atoms with Gasteiger partial charge in [0.15, 0.2) is 0 Å². The summed E-state index contributed by atoms with van der Waals surface area (Å²) in [5, 5.41) is 0. The third kappa shape index (κ3) is 21.3. The summed E-state index contributed by atoms with van der Waals surface area (Å²) in [5.41, 5.74) is 0. The molecule has 0 rings (SSSR count). The number of rotatable bonds is 13. The van der Waals surface area contributed by atoms with Crippen LogP contribution in [0.4, 0.5) is 0 Å². The van der Waals surface area contributed by atoms with Crippen molar-refractivity contribution in [2.45, 2.75) is 118 Å². The Morgan fingerprint density at radius 3 is 0.667 bits per heavy atom. The second-order valence-electron chi connectivity index (χ2n) is 5.24. The van der Waals surface area contributed by atoms with E-state index in [0.717, 1.165) is 0 Å². The van der Waals surface area contributed by atoms with Gasteiger partial charge in [-0.15, -0.1) is 0 Å². The highest BCUT2D eigenvalue weighted by molar-refractivity contribution is 4.48. The Balaban J connectivity index is 0. The Hall–Kier alpha value is 0. The molecule has 0 aliphatic heterocycles. The number of hydrogen-bond donors (Lipinski definition) is 0. The summed E-state index contributed by atoms with van der Waals surface area (Å²) in [7, 11) is 0. The van der Waals surface area contributed by atoms with Crippen LogP contribution in [-0.4, -0.2) is 0 Å². The van der Waals surface area contributed by atoms with Gasteiger partial charge in [-0.25, -0.2) is 0 Å². The summed E-state index contributed by atoms with van der Waals surface area (Å²) < 4.78 is 0. The average molecular weight is 257 g/mol. The Morgan fingerprint density at radius 2 is 0.500 bits per heavy atom. The van der Waals surface area contributed by atoms with E-state index in [9.17, 15) is 0 Å². The van der Waals surface area contributed by atoms with Crippen molar-refractivity contribution in [3.63, 3.8) is 0 Å². The van der Waals surface area contributed by atoms with E-state index in [1.54, 1.807) is 0 Å². The Morgan fingerprint density at radius 1 is 0.333 bits per heavy atom. The molecule has 0 amide bonds. The minimum Gasteiger partial charge on any atom is -0.0683 e. The molecule has 0 N–H and O–H groups in total. The lowest BCUT2D eigenvalue weighted by Gasteiger charge is -2.02. The van der Waals surface area contributed by atoms with E-state index in [1.807, 2.05) is 13.8 Å². The van der Waals surface area contributed by atoms with Gasteiger partial charge < -0.3 is 0 Å². The lowest BCUT2D eigenvalue weighted by molar-refractivity contribution is 0.538.